The summed E-state index contributed by atoms with van der Waals surface area (Å²) in [4.78, 5) is 15.0. The quantitative estimate of drug-likeness (QED) is 0.623. The Morgan fingerprint density at radius 2 is 1.93 bits per heavy atom. The van der Waals surface area contributed by atoms with Crippen LogP contribution >= 0.6 is 0 Å². The zero-order valence-electron chi connectivity index (χ0n) is 14.4. The van der Waals surface area contributed by atoms with Crippen molar-refractivity contribution in [1.82, 2.24) is 15.6 Å². The van der Waals surface area contributed by atoms with E-state index < -0.39 is 11.6 Å². The molecule has 1 saturated carbocycles. The highest BCUT2D eigenvalue weighted by atomic mass is 19.1. The molecule has 1 aliphatic rings. The van der Waals surface area contributed by atoms with Crippen LogP contribution in [0.2, 0.25) is 0 Å². The van der Waals surface area contributed by atoms with Crippen LogP contribution in [0.3, 0.4) is 0 Å². The number of hydrogen-bond donors (Lipinski definition) is 3. The van der Waals surface area contributed by atoms with Crippen molar-refractivity contribution in [2.24, 2.45) is 0 Å². The normalized spacial score (nSPS) is 18.5. The van der Waals surface area contributed by atoms with Crippen LogP contribution in [0, 0.1) is 17.5 Å². The predicted octanol–water partition coefficient (Wildman–Crippen LogP) is 3.98. The van der Waals surface area contributed by atoms with E-state index >= 15 is 0 Å². The lowest BCUT2D eigenvalue weighted by molar-refractivity contribution is 0.240. The van der Waals surface area contributed by atoms with Gasteiger partial charge in [0.25, 0.3) is 0 Å². The summed E-state index contributed by atoms with van der Waals surface area (Å²) in [5.74, 6) is -1.81. The molecular formula is C20H18F3N3O. The van der Waals surface area contributed by atoms with Crippen molar-refractivity contribution in [2.75, 3.05) is 6.54 Å². The molecule has 27 heavy (non-hydrogen) atoms. The molecule has 2 unspecified atom stereocenters. The van der Waals surface area contributed by atoms with E-state index in [0.29, 0.717) is 24.9 Å². The van der Waals surface area contributed by atoms with E-state index in [4.69, 9.17) is 0 Å². The fraction of sp³-hybridized carbons (Fsp3) is 0.250. The van der Waals surface area contributed by atoms with Gasteiger partial charge in [-0.1, -0.05) is 6.07 Å². The second-order valence-electron chi connectivity index (χ2n) is 6.74. The van der Waals surface area contributed by atoms with Gasteiger partial charge < -0.3 is 15.6 Å². The summed E-state index contributed by atoms with van der Waals surface area (Å²) in [6.45, 7) is 0.390. The van der Waals surface area contributed by atoms with E-state index in [0.717, 1.165) is 10.9 Å². The Balaban J connectivity index is 1.28. The molecule has 0 radical (unpaired) electrons. The molecule has 1 aromatic heterocycles. The second kappa shape index (κ2) is 6.98. The minimum atomic E-state index is -0.583. The molecule has 0 bridgehead atoms. The molecule has 2 amide bonds. The SMILES string of the molecule is O=C(NCCc1c[nH]c2cc(F)ccc12)NC1CC1c1c(F)cccc1F. The molecule has 1 heterocycles. The first-order valence-corrected chi connectivity index (χ1v) is 8.76. The molecule has 4 nitrogen and oxygen atoms in total. The number of aromatic amines is 1. The summed E-state index contributed by atoms with van der Waals surface area (Å²) in [5.41, 5.74) is 1.72. The molecule has 0 spiro atoms. The number of carbonyl (C=O) groups excluding carboxylic acids is 1. The summed E-state index contributed by atoms with van der Waals surface area (Å²) in [6.07, 6.45) is 2.88. The number of amides is 2. The number of rotatable bonds is 5. The number of aromatic nitrogens is 1. The highest BCUT2D eigenvalue weighted by molar-refractivity contribution is 5.83. The summed E-state index contributed by atoms with van der Waals surface area (Å²) in [6, 6.07) is 7.65. The van der Waals surface area contributed by atoms with Gasteiger partial charge in [0.1, 0.15) is 17.5 Å². The number of urea groups is 1. The minimum absolute atomic E-state index is 0.0359. The Labute approximate surface area is 153 Å². The van der Waals surface area contributed by atoms with Crippen molar-refractivity contribution >= 4 is 16.9 Å². The Hall–Kier alpha value is -2.96. The van der Waals surface area contributed by atoms with Crippen LogP contribution in [0.25, 0.3) is 10.9 Å². The zero-order valence-corrected chi connectivity index (χ0v) is 14.4. The fourth-order valence-corrected chi connectivity index (χ4v) is 3.43. The Kier molecular flexibility index (Phi) is 4.51. The smallest absolute Gasteiger partial charge is 0.315 e. The van der Waals surface area contributed by atoms with E-state index in [1.54, 1.807) is 12.3 Å². The second-order valence-corrected chi connectivity index (χ2v) is 6.74. The third-order valence-electron chi connectivity index (χ3n) is 4.89. The van der Waals surface area contributed by atoms with Gasteiger partial charge >= 0.3 is 6.03 Å². The third kappa shape index (κ3) is 3.63. The van der Waals surface area contributed by atoms with Gasteiger partial charge in [0.05, 0.1) is 0 Å². The highest BCUT2D eigenvalue weighted by Crippen LogP contribution is 2.43. The lowest BCUT2D eigenvalue weighted by Gasteiger charge is -2.08. The van der Waals surface area contributed by atoms with Gasteiger partial charge in [-0.3, -0.25) is 0 Å². The van der Waals surface area contributed by atoms with Crippen LogP contribution < -0.4 is 10.6 Å². The standard InChI is InChI=1S/C20H18F3N3O/c21-12-4-5-13-11(10-25-17(13)8-12)6-7-24-20(27)26-18-9-14(18)19-15(22)2-1-3-16(19)23/h1-5,8,10,14,18,25H,6-7,9H2,(H2,24,26,27). The van der Waals surface area contributed by atoms with E-state index in [1.165, 1.54) is 30.3 Å². The third-order valence-corrected chi connectivity index (χ3v) is 4.89. The van der Waals surface area contributed by atoms with Gasteiger partial charge in [-0.25, -0.2) is 18.0 Å². The Morgan fingerprint density at radius 1 is 1.15 bits per heavy atom. The van der Waals surface area contributed by atoms with Crippen molar-refractivity contribution in [2.45, 2.75) is 24.8 Å². The average Bonchev–Trinajstić information content (AvgIpc) is 3.24. The Morgan fingerprint density at radius 3 is 2.70 bits per heavy atom. The van der Waals surface area contributed by atoms with Gasteiger partial charge in [-0.2, -0.15) is 0 Å². The van der Waals surface area contributed by atoms with Crippen molar-refractivity contribution in [3.8, 4) is 0 Å². The molecule has 2 aromatic carbocycles. The zero-order chi connectivity index (χ0) is 19.0. The van der Waals surface area contributed by atoms with Crippen molar-refractivity contribution in [1.29, 1.82) is 0 Å². The molecule has 4 rings (SSSR count). The van der Waals surface area contributed by atoms with Crippen LogP contribution in [0.5, 0.6) is 0 Å². The molecule has 2 atom stereocenters. The lowest BCUT2D eigenvalue weighted by Crippen LogP contribution is -2.38. The minimum Gasteiger partial charge on any atom is -0.361 e. The van der Waals surface area contributed by atoms with E-state index in [9.17, 15) is 18.0 Å². The summed E-state index contributed by atoms with van der Waals surface area (Å²) in [7, 11) is 0. The number of hydrogen-bond acceptors (Lipinski definition) is 1. The molecule has 1 fully saturated rings. The number of carbonyl (C=O) groups is 1. The summed E-state index contributed by atoms with van der Waals surface area (Å²) >= 11 is 0. The van der Waals surface area contributed by atoms with Crippen LogP contribution in [0.15, 0.2) is 42.6 Å². The fourth-order valence-electron chi connectivity index (χ4n) is 3.43. The molecule has 7 heteroatoms. The molecule has 1 aliphatic carbocycles. The van der Waals surface area contributed by atoms with Gasteiger partial charge in [-0.15, -0.1) is 0 Å². The van der Waals surface area contributed by atoms with Gasteiger partial charge in [-0.05, 0) is 48.7 Å². The first-order valence-electron chi connectivity index (χ1n) is 8.76. The average molecular weight is 373 g/mol. The summed E-state index contributed by atoms with van der Waals surface area (Å²) < 4.78 is 40.7. The number of benzene rings is 2. The van der Waals surface area contributed by atoms with E-state index in [1.807, 2.05) is 0 Å². The van der Waals surface area contributed by atoms with Crippen molar-refractivity contribution in [3.63, 3.8) is 0 Å². The van der Waals surface area contributed by atoms with Gasteiger partial charge in [0, 0.05) is 41.2 Å². The first-order chi connectivity index (χ1) is 13.0. The molecule has 3 aromatic rings. The maximum atomic E-state index is 13.8. The van der Waals surface area contributed by atoms with Crippen LogP contribution in [-0.2, 0) is 6.42 Å². The van der Waals surface area contributed by atoms with Gasteiger partial charge in [0.15, 0.2) is 0 Å². The summed E-state index contributed by atoms with van der Waals surface area (Å²) in [5, 5.41) is 6.40. The lowest BCUT2D eigenvalue weighted by atomic mass is 10.1. The predicted molar refractivity (Wildman–Crippen MR) is 96.0 cm³/mol. The molecule has 3 N–H and O–H groups in total. The van der Waals surface area contributed by atoms with Crippen molar-refractivity contribution < 1.29 is 18.0 Å². The number of H-pyrrole nitrogens is 1. The van der Waals surface area contributed by atoms with E-state index in [-0.39, 0.29) is 29.4 Å². The Bertz CT molecular complexity index is 981. The monoisotopic (exact) mass is 373 g/mol. The number of nitrogens with one attached hydrogen (secondary N) is 3. The number of fused-ring (bicyclic) bond motifs is 1. The van der Waals surface area contributed by atoms with Gasteiger partial charge in [0.2, 0.25) is 0 Å². The van der Waals surface area contributed by atoms with Crippen LogP contribution in [0.4, 0.5) is 18.0 Å². The topological polar surface area (TPSA) is 56.9 Å². The van der Waals surface area contributed by atoms with E-state index in [2.05, 4.69) is 15.6 Å². The largest absolute Gasteiger partial charge is 0.361 e. The number of halogens is 3. The maximum absolute atomic E-state index is 13.8. The van der Waals surface area contributed by atoms with Crippen molar-refractivity contribution in [3.05, 3.63) is 71.2 Å². The molecule has 140 valence electrons. The maximum Gasteiger partial charge on any atom is 0.315 e. The van der Waals surface area contributed by atoms with Crippen LogP contribution in [0.1, 0.15) is 23.5 Å². The first kappa shape index (κ1) is 17.5. The molecule has 0 aliphatic heterocycles. The highest BCUT2D eigenvalue weighted by Gasteiger charge is 2.42. The molecular weight excluding hydrogens is 355 g/mol. The van der Waals surface area contributed by atoms with Crippen LogP contribution in [-0.4, -0.2) is 23.6 Å². The molecule has 0 saturated heterocycles.